The monoisotopic (exact) mass is 232 g/mol. The fourth-order valence-electron chi connectivity index (χ4n) is 0.371. The molecular formula is C5H13O8P. The molecule has 0 fully saturated rings. The van der Waals surface area contributed by atoms with E-state index in [1.54, 1.807) is 0 Å². The van der Waals surface area contributed by atoms with Crippen molar-refractivity contribution in [2.24, 2.45) is 0 Å². The summed E-state index contributed by atoms with van der Waals surface area (Å²) in [5.74, 6) is -0.545. The summed E-state index contributed by atoms with van der Waals surface area (Å²) in [6, 6.07) is 0. The third-order valence-corrected chi connectivity index (χ3v) is 0.968. The standard InChI is InChI=1S/C5H10O4.H3O4P/c1-3(7)5(9)4(8)2-6;1-5(2,3)4/h4-6,8-9H,2H2,1H3;(H3,1,2,3,4)/t4-,5+;/m1./s1. The van der Waals surface area contributed by atoms with E-state index < -0.39 is 32.4 Å². The molecule has 2 atom stereocenters. The van der Waals surface area contributed by atoms with Gasteiger partial charge in [-0.15, -0.1) is 0 Å². The lowest BCUT2D eigenvalue weighted by atomic mass is 10.1. The van der Waals surface area contributed by atoms with E-state index in [1.165, 1.54) is 0 Å². The lowest BCUT2D eigenvalue weighted by molar-refractivity contribution is -0.132. The molecule has 0 radical (unpaired) electrons. The molecule has 0 aromatic heterocycles. The van der Waals surface area contributed by atoms with E-state index in [2.05, 4.69) is 0 Å². The lowest BCUT2D eigenvalue weighted by Gasteiger charge is -2.10. The number of hydrogen-bond acceptors (Lipinski definition) is 5. The van der Waals surface area contributed by atoms with Crippen LogP contribution in [0.25, 0.3) is 0 Å². The van der Waals surface area contributed by atoms with Crippen molar-refractivity contribution in [3.05, 3.63) is 0 Å². The topological polar surface area (TPSA) is 156 Å². The molecule has 0 aromatic carbocycles. The first-order chi connectivity index (χ1) is 6.09. The highest BCUT2D eigenvalue weighted by Crippen LogP contribution is 2.25. The number of rotatable bonds is 3. The van der Waals surface area contributed by atoms with Gasteiger partial charge in [0.2, 0.25) is 0 Å². The van der Waals surface area contributed by atoms with Gasteiger partial charge in [0.05, 0.1) is 6.61 Å². The first-order valence-corrected chi connectivity index (χ1v) is 4.91. The molecule has 14 heavy (non-hydrogen) atoms. The summed E-state index contributed by atoms with van der Waals surface area (Å²) in [7, 11) is -4.64. The zero-order valence-electron chi connectivity index (χ0n) is 7.31. The number of hydrogen-bond donors (Lipinski definition) is 6. The first kappa shape index (κ1) is 16.1. The number of ketones is 1. The largest absolute Gasteiger partial charge is 0.466 e. The molecule has 0 aliphatic heterocycles. The van der Waals surface area contributed by atoms with Crippen molar-refractivity contribution in [1.82, 2.24) is 0 Å². The molecular weight excluding hydrogens is 219 g/mol. The van der Waals surface area contributed by atoms with Gasteiger partial charge in [0, 0.05) is 0 Å². The van der Waals surface area contributed by atoms with E-state index in [-0.39, 0.29) is 0 Å². The first-order valence-electron chi connectivity index (χ1n) is 3.35. The van der Waals surface area contributed by atoms with Gasteiger partial charge in [0.1, 0.15) is 12.2 Å². The molecule has 86 valence electrons. The van der Waals surface area contributed by atoms with Crippen LogP contribution in [0.1, 0.15) is 6.92 Å². The van der Waals surface area contributed by atoms with Crippen molar-refractivity contribution >= 4 is 13.6 Å². The van der Waals surface area contributed by atoms with E-state index in [0.717, 1.165) is 6.92 Å². The average molecular weight is 232 g/mol. The Bertz CT molecular complexity index is 202. The highest BCUT2D eigenvalue weighted by atomic mass is 31.2. The van der Waals surface area contributed by atoms with Gasteiger partial charge in [-0.3, -0.25) is 4.79 Å². The van der Waals surface area contributed by atoms with E-state index in [1.807, 2.05) is 0 Å². The summed E-state index contributed by atoms with van der Waals surface area (Å²) in [5.41, 5.74) is 0. The molecule has 0 heterocycles. The van der Waals surface area contributed by atoms with E-state index in [0.29, 0.717) is 0 Å². The summed E-state index contributed by atoms with van der Waals surface area (Å²) in [6.07, 6.45) is -2.79. The molecule has 0 saturated carbocycles. The number of Topliss-reactive ketones (excluding diaryl/α,β-unsaturated/α-hetero) is 1. The molecule has 0 aliphatic carbocycles. The quantitative estimate of drug-likeness (QED) is 0.288. The maximum Gasteiger partial charge on any atom is 0.466 e. The molecule has 0 saturated heterocycles. The minimum atomic E-state index is -4.64. The van der Waals surface area contributed by atoms with E-state index >= 15 is 0 Å². The van der Waals surface area contributed by atoms with Gasteiger partial charge in [0.15, 0.2) is 5.78 Å². The van der Waals surface area contributed by atoms with Gasteiger partial charge in [-0.25, -0.2) is 4.57 Å². The predicted molar refractivity (Wildman–Crippen MR) is 44.0 cm³/mol. The number of aliphatic hydroxyl groups is 3. The van der Waals surface area contributed by atoms with Gasteiger partial charge in [-0.05, 0) is 6.92 Å². The molecule has 0 spiro atoms. The van der Waals surface area contributed by atoms with Crippen LogP contribution >= 0.6 is 7.82 Å². The van der Waals surface area contributed by atoms with Crippen LogP contribution in [0.3, 0.4) is 0 Å². The molecule has 0 bridgehead atoms. The zero-order valence-corrected chi connectivity index (χ0v) is 8.20. The van der Waals surface area contributed by atoms with E-state index in [9.17, 15) is 4.79 Å². The van der Waals surface area contributed by atoms with Crippen LogP contribution in [0.2, 0.25) is 0 Å². The normalized spacial score (nSPS) is 15.1. The summed E-state index contributed by atoms with van der Waals surface area (Å²) in [4.78, 5) is 31.8. The lowest BCUT2D eigenvalue weighted by Crippen LogP contribution is -2.34. The molecule has 0 aromatic rings. The fourth-order valence-corrected chi connectivity index (χ4v) is 0.371. The third kappa shape index (κ3) is 14.2. The van der Waals surface area contributed by atoms with Crippen LogP contribution in [0.15, 0.2) is 0 Å². The van der Waals surface area contributed by atoms with Gasteiger partial charge in [-0.1, -0.05) is 0 Å². The second-order valence-electron chi connectivity index (χ2n) is 2.32. The Kier molecular flexibility index (Phi) is 8.07. The van der Waals surface area contributed by atoms with E-state index in [4.69, 9.17) is 34.6 Å². The average Bonchev–Trinajstić information content (AvgIpc) is 1.98. The minimum Gasteiger partial charge on any atom is -0.394 e. The maximum atomic E-state index is 10.2. The highest BCUT2D eigenvalue weighted by Gasteiger charge is 2.18. The van der Waals surface area contributed by atoms with Crippen LogP contribution < -0.4 is 0 Å². The Hall–Kier alpha value is -0.340. The number of carbonyl (C=O) groups is 1. The summed E-state index contributed by atoms with van der Waals surface area (Å²) in [6.45, 7) is 0.546. The van der Waals surface area contributed by atoms with Crippen molar-refractivity contribution in [1.29, 1.82) is 0 Å². The van der Waals surface area contributed by atoms with Crippen LogP contribution in [-0.4, -0.2) is 54.6 Å². The Balaban J connectivity index is 0. The SMILES string of the molecule is CC(=O)[C@H](O)[C@H](O)CO.O=P(O)(O)O. The Morgan fingerprint density at radius 2 is 1.57 bits per heavy atom. The molecule has 0 rings (SSSR count). The molecule has 0 unspecified atom stereocenters. The number of phosphoric acid groups is 1. The predicted octanol–water partition coefficient (Wildman–Crippen LogP) is -2.64. The molecule has 0 aliphatic rings. The third-order valence-electron chi connectivity index (χ3n) is 0.968. The van der Waals surface area contributed by atoms with Crippen molar-refractivity contribution in [3.8, 4) is 0 Å². The smallest absolute Gasteiger partial charge is 0.394 e. The molecule has 9 heteroatoms. The van der Waals surface area contributed by atoms with Crippen LogP contribution in [0.4, 0.5) is 0 Å². The summed E-state index contributed by atoms with van der Waals surface area (Å²) in [5, 5.41) is 25.4. The molecule has 6 N–H and O–H groups in total. The van der Waals surface area contributed by atoms with Crippen LogP contribution in [0.5, 0.6) is 0 Å². The Morgan fingerprint density at radius 1 is 1.29 bits per heavy atom. The molecule has 8 nitrogen and oxygen atoms in total. The van der Waals surface area contributed by atoms with Crippen molar-refractivity contribution in [3.63, 3.8) is 0 Å². The summed E-state index contributed by atoms with van der Waals surface area (Å²) < 4.78 is 8.88. The van der Waals surface area contributed by atoms with Gasteiger partial charge in [0.25, 0.3) is 0 Å². The Labute approximate surface area is 79.7 Å². The number of carbonyl (C=O) groups excluding carboxylic acids is 1. The van der Waals surface area contributed by atoms with Gasteiger partial charge < -0.3 is 30.0 Å². The number of aliphatic hydroxyl groups excluding tert-OH is 3. The van der Waals surface area contributed by atoms with Crippen molar-refractivity contribution < 1.29 is 39.4 Å². The second kappa shape index (κ2) is 7.02. The maximum absolute atomic E-state index is 10.2. The second-order valence-corrected chi connectivity index (χ2v) is 3.35. The van der Waals surface area contributed by atoms with Gasteiger partial charge in [-0.2, -0.15) is 0 Å². The minimum absolute atomic E-state index is 0.545. The molecule has 0 amide bonds. The zero-order chi connectivity index (χ0) is 11.9. The van der Waals surface area contributed by atoms with Crippen molar-refractivity contribution in [2.75, 3.05) is 6.61 Å². The fraction of sp³-hybridized carbons (Fsp3) is 0.800. The van der Waals surface area contributed by atoms with Crippen LogP contribution in [0, 0.1) is 0 Å². The van der Waals surface area contributed by atoms with Crippen molar-refractivity contribution in [2.45, 2.75) is 19.1 Å². The highest BCUT2D eigenvalue weighted by molar-refractivity contribution is 7.45. The summed E-state index contributed by atoms with van der Waals surface area (Å²) >= 11 is 0. The van der Waals surface area contributed by atoms with Gasteiger partial charge >= 0.3 is 7.82 Å². The van der Waals surface area contributed by atoms with Crippen LogP contribution in [-0.2, 0) is 9.36 Å². The Morgan fingerprint density at radius 3 is 1.64 bits per heavy atom.